The van der Waals surface area contributed by atoms with Crippen LogP contribution in [0.5, 0.6) is 11.5 Å². The van der Waals surface area contributed by atoms with E-state index in [2.05, 4.69) is 32.9 Å². The van der Waals surface area contributed by atoms with Gasteiger partial charge in [-0.2, -0.15) is 0 Å². The predicted molar refractivity (Wildman–Crippen MR) is 85.1 cm³/mol. The summed E-state index contributed by atoms with van der Waals surface area (Å²) in [5.41, 5.74) is 0. The molecule has 0 saturated heterocycles. The molecule has 0 amide bonds. The molecule has 0 bridgehead atoms. The van der Waals surface area contributed by atoms with Crippen molar-refractivity contribution in [1.82, 2.24) is 5.32 Å². The van der Waals surface area contributed by atoms with Gasteiger partial charge in [-0.05, 0) is 18.6 Å². The highest BCUT2D eigenvalue weighted by Crippen LogP contribution is 2.36. The van der Waals surface area contributed by atoms with Gasteiger partial charge in [-0.15, -0.1) is 0 Å². The lowest BCUT2D eigenvalue weighted by Crippen LogP contribution is -2.57. The average Bonchev–Trinajstić information content (AvgIpc) is 3.02. The summed E-state index contributed by atoms with van der Waals surface area (Å²) < 4.78 is 19.0. The van der Waals surface area contributed by atoms with Gasteiger partial charge in [0.2, 0.25) is 0 Å². The first kappa shape index (κ1) is 13.9. The highest BCUT2D eigenvalue weighted by molar-refractivity contribution is 14.1. The maximum atomic E-state index is 6.11. The van der Waals surface area contributed by atoms with Gasteiger partial charge in [0.15, 0.2) is 23.9 Å². The van der Waals surface area contributed by atoms with Gasteiger partial charge in [0.25, 0.3) is 0 Å². The fourth-order valence-corrected chi connectivity index (χ4v) is 2.55. The Labute approximate surface area is 131 Å². The van der Waals surface area contributed by atoms with Crippen LogP contribution in [0.2, 0.25) is 0 Å². The van der Waals surface area contributed by atoms with Gasteiger partial charge in [-0.25, -0.2) is 0 Å². The summed E-state index contributed by atoms with van der Waals surface area (Å²) in [5.74, 6) is 1.25. The van der Waals surface area contributed by atoms with Crippen molar-refractivity contribution in [2.24, 2.45) is 4.99 Å². The van der Waals surface area contributed by atoms with E-state index in [1.54, 1.807) is 0 Å². The van der Waals surface area contributed by atoms with Gasteiger partial charge < -0.3 is 19.5 Å². The van der Waals surface area contributed by atoms with E-state index in [0.717, 1.165) is 35.5 Å². The third-order valence-corrected chi connectivity index (χ3v) is 3.95. The monoisotopic (exact) mass is 388 g/mol. The number of ether oxygens (including phenoxy) is 3. The largest absolute Gasteiger partial charge is 0.482 e. The van der Waals surface area contributed by atoms with Crippen LogP contribution in [0.15, 0.2) is 29.3 Å². The molecule has 0 radical (unpaired) electrons. The Balaban J connectivity index is 1.84. The third kappa shape index (κ3) is 2.71. The maximum absolute atomic E-state index is 6.11. The Morgan fingerprint density at radius 3 is 2.95 bits per heavy atom. The SMILES string of the molecule is ICCCOC1(C2=NCCN2)COc2ccccc2O1. The number of alkyl halides is 1. The average molecular weight is 388 g/mol. The van der Waals surface area contributed by atoms with Gasteiger partial charge >= 0.3 is 5.79 Å². The lowest BCUT2D eigenvalue weighted by atomic mass is 10.2. The molecule has 2 aliphatic rings. The van der Waals surface area contributed by atoms with Crippen LogP contribution >= 0.6 is 22.6 Å². The molecule has 0 fully saturated rings. The van der Waals surface area contributed by atoms with Crippen LogP contribution in [0.3, 0.4) is 0 Å². The van der Waals surface area contributed by atoms with E-state index in [0.29, 0.717) is 19.0 Å². The van der Waals surface area contributed by atoms with Crippen LogP contribution in [0, 0.1) is 0 Å². The van der Waals surface area contributed by atoms with Crippen LogP contribution in [0.1, 0.15) is 6.42 Å². The second-order valence-electron chi connectivity index (χ2n) is 4.64. The normalized spacial score (nSPS) is 24.1. The van der Waals surface area contributed by atoms with Gasteiger partial charge in [0.05, 0.1) is 13.2 Å². The van der Waals surface area contributed by atoms with E-state index in [4.69, 9.17) is 14.2 Å². The molecule has 0 saturated carbocycles. The topological polar surface area (TPSA) is 52.1 Å². The molecule has 1 aromatic rings. The Bertz CT molecular complexity index is 509. The quantitative estimate of drug-likeness (QED) is 0.476. The number of nitrogens with one attached hydrogen (secondary N) is 1. The number of hydrogen-bond donors (Lipinski definition) is 1. The number of hydrogen-bond acceptors (Lipinski definition) is 5. The zero-order valence-corrected chi connectivity index (χ0v) is 13.3. The molecule has 108 valence electrons. The summed E-state index contributed by atoms with van der Waals surface area (Å²) in [6, 6.07) is 7.64. The molecular formula is C14H17IN2O3. The Morgan fingerprint density at radius 2 is 2.20 bits per heavy atom. The molecule has 1 N–H and O–H groups in total. The van der Waals surface area contributed by atoms with Gasteiger partial charge in [-0.1, -0.05) is 34.7 Å². The van der Waals surface area contributed by atoms with Crippen molar-refractivity contribution in [2.45, 2.75) is 12.2 Å². The number of nitrogens with zero attached hydrogens (tertiary/aromatic N) is 1. The Hall–Kier alpha value is -1.02. The lowest BCUT2D eigenvalue weighted by molar-refractivity contribution is -0.164. The summed E-state index contributed by atoms with van der Waals surface area (Å²) >= 11 is 2.34. The van der Waals surface area contributed by atoms with Gasteiger partial charge in [0, 0.05) is 11.0 Å². The van der Waals surface area contributed by atoms with Crippen molar-refractivity contribution in [2.75, 3.05) is 30.7 Å². The van der Waals surface area contributed by atoms with E-state index in [-0.39, 0.29) is 0 Å². The number of benzene rings is 1. The number of para-hydroxylation sites is 2. The molecule has 2 aliphatic heterocycles. The minimum absolute atomic E-state index is 0.317. The summed E-state index contributed by atoms with van der Waals surface area (Å²) in [7, 11) is 0. The van der Waals surface area contributed by atoms with E-state index in [1.165, 1.54) is 0 Å². The first-order chi connectivity index (χ1) is 9.84. The number of rotatable bonds is 5. The minimum Gasteiger partial charge on any atom is -0.482 e. The second-order valence-corrected chi connectivity index (χ2v) is 5.72. The maximum Gasteiger partial charge on any atom is 0.304 e. The number of aliphatic imine (C=N–C) groups is 1. The number of halogens is 1. The van der Waals surface area contributed by atoms with Crippen molar-refractivity contribution < 1.29 is 14.2 Å². The number of fused-ring (bicyclic) bond motifs is 1. The molecule has 2 heterocycles. The molecule has 0 spiro atoms. The summed E-state index contributed by atoms with van der Waals surface area (Å²) in [5, 5.41) is 3.24. The summed E-state index contributed by atoms with van der Waals surface area (Å²) in [4.78, 5) is 4.46. The van der Waals surface area contributed by atoms with Crippen LogP contribution in [-0.2, 0) is 4.74 Å². The molecule has 1 unspecified atom stereocenters. The minimum atomic E-state index is -0.934. The zero-order chi connectivity index (χ0) is 13.8. The van der Waals surface area contributed by atoms with Crippen molar-refractivity contribution >= 4 is 28.4 Å². The van der Waals surface area contributed by atoms with Crippen molar-refractivity contribution in [1.29, 1.82) is 0 Å². The molecule has 5 nitrogen and oxygen atoms in total. The van der Waals surface area contributed by atoms with E-state index in [9.17, 15) is 0 Å². The summed E-state index contributed by atoms with van der Waals surface area (Å²) in [6.07, 6.45) is 0.973. The standard InChI is InChI=1S/C14H17IN2O3/c15-6-3-9-19-14(13-16-7-8-17-13)10-18-11-4-1-2-5-12(11)20-14/h1-2,4-5H,3,6-10H2,(H,16,17). The molecule has 3 rings (SSSR count). The zero-order valence-electron chi connectivity index (χ0n) is 11.1. The molecular weight excluding hydrogens is 371 g/mol. The fourth-order valence-electron chi connectivity index (χ4n) is 2.23. The Kier molecular flexibility index (Phi) is 4.30. The Morgan fingerprint density at radius 1 is 1.35 bits per heavy atom. The molecule has 20 heavy (non-hydrogen) atoms. The van der Waals surface area contributed by atoms with Crippen LogP contribution in [-0.4, -0.2) is 42.4 Å². The first-order valence-corrected chi connectivity index (χ1v) is 8.26. The van der Waals surface area contributed by atoms with E-state index < -0.39 is 5.79 Å². The first-order valence-electron chi connectivity index (χ1n) is 6.74. The van der Waals surface area contributed by atoms with Gasteiger partial charge in [-0.3, -0.25) is 4.99 Å². The highest BCUT2D eigenvalue weighted by atomic mass is 127. The summed E-state index contributed by atoms with van der Waals surface area (Å²) in [6.45, 7) is 2.50. The fraction of sp³-hybridized carbons (Fsp3) is 0.500. The van der Waals surface area contributed by atoms with E-state index in [1.807, 2.05) is 24.3 Å². The third-order valence-electron chi connectivity index (χ3n) is 3.19. The van der Waals surface area contributed by atoms with Crippen molar-refractivity contribution in [3.8, 4) is 11.5 Å². The number of amidine groups is 1. The van der Waals surface area contributed by atoms with Crippen LogP contribution < -0.4 is 14.8 Å². The smallest absolute Gasteiger partial charge is 0.304 e. The van der Waals surface area contributed by atoms with Crippen molar-refractivity contribution in [3.05, 3.63) is 24.3 Å². The molecule has 6 heteroatoms. The molecule has 1 atom stereocenters. The molecule has 0 aliphatic carbocycles. The van der Waals surface area contributed by atoms with Gasteiger partial charge in [0.1, 0.15) is 0 Å². The molecule has 0 aromatic heterocycles. The molecule has 1 aromatic carbocycles. The predicted octanol–water partition coefficient (Wildman–Crippen LogP) is 2.00. The highest BCUT2D eigenvalue weighted by Gasteiger charge is 2.45. The second kappa shape index (κ2) is 6.17. The van der Waals surface area contributed by atoms with E-state index >= 15 is 0 Å². The van der Waals surface area contributed by atoms with Crippen molar-refractivity contribution in [3.63, 3.8) is 0 Å². The lowest BCUT2D eigenvalue weighted by Gasteiger charge is -2.37. The van der Waals surface area contributed by atoms with Crippen LogP contribution in [0.4, 0.5) is 0 Å². The van der Waals surface area contributed by atoms with Crippen LogP contribution in [0.25, 0.3) is 0 Å².